The van der Waals surface area contributed by atoms with E-state index in [0.29, 0.717) is 42.6 Å². The Morgan fingerprint density at radius 1 is 0.897 bits per heavy atom. The molecule has 0 fully saturated rings. The lowest BCUT2D eigenvalue weighted by Gasteiger charge is -2.14. The van der Waals surface area contributed by atoms with Gasteiger partial charge in [0.15, 0.2) is 11.5 Å². The second-order valence-corrected chi connectivity index (χ2v) is 6.03. The number of quaternary nitrogens is 1. The molecule has 2 aromatic carbocycles. The van der Waals surface area contributed by atoms with E-state index < -0.39 is 0 Å². The number of primary amides is 1. The van der Waals surface area contributed by atoms with Crippen LogP contribution in [0, 0.1) is 0 Å². The predicted octanol–water partition coefficient (Wildman–Crippen LogP) is -0.964. The Morgan fingerprint density at radius 2 is 1.52 bits per heavy atom. The third-order valence-corrected chi connectivity index (χ3v) is 4.19. The second-order valence-electron chi connectivity index (χ2n) is 6.03. The van der Waals surface area contributed by atoms with Crippen LogP contribution >= 0.6 is 0 Å². The molecule has 0 heterocycles. The van der Waals surface area contributed by atoms with Gasteiger partial charge in [-0.3, -0.25) is 5.32 Å². The zero-order valence-corrected chi connectivity index (χ0v) is 18.0. The summed E-state index contributed by atoms with van der Waals surface area (Å²) in [6.45, 7) is 1.62. The number of carbonyl (C=O) groups excluding carboxylic acids is 1. The van der Waals surface area contributed by atoms with Gasteiger partial charge in [-0.25, -0.2) is 4.79 Å². The lowest BCUT2D eigenvalue weighted by atomic mass is 10.2. The predicted molar refractivity (Wildman–Crippen MR) is 104 cm³/mol. The summed E-state index contributed by atoms with van der Waals surface area (Å²) in [4.78, 5) is 12.1. The van der Waals surface area contributed by atoms with Crippen LogP contribution in [-0.2, 0) is 11.3 Å². The Kier molecular flexibility index (Phi) is 10.9. The fourth-order valence-electron chi connectivity index (χ4n) is 2.70. The first-order valence-electron chi connectivity index (χ1n) is 9.01. The van der Waals surface area contributed by atoms with E-state index in [-0.39, 0.29) is 18.3 Å². The highest BCUT2D eigenvalue weighted by molar-refractivity contribution is 5.86. The Morgan fingerprint density at radius 3 is 2.03 bits per heavy atom. The summed E-state index contributed by atoms with van der Waals surface area (Å²) < 4.78 is 26.8. The van der Waals surface area contributed by atoms with Gasteiger partial charge in [0, 0.05) is 6.42 Å². The zero-order valence-electron chi connectivity index (χ0n) is 17.2. The summed E-state index contributed by atoms with van der Waals surface area (Å²) in [5.41, 5.74) is 1.58. The fraction of sp³-hybridized carbons (Fsp3) is 0.381. The van der Waals surface area contributed by atoms with Gasteiger partial charge in [-0.1, -0.05) is 0 Å². The van der Waals surface area contributed by atoms with E-state index >= 15 is 0 Å². The van der Waals surface area contributed by atoms with Crippen molar-refractivity contribution in [1.82, 2.24) is 0 Å². The number of ether oxygens (including phenoxy) is 5. The first kappa shape index (κ1) is 24.6. The van der Waals surface area contributed by atoms with Crippen molar-refractivity contribution in [3.05, 3.63) is 47.5 Å². The topological polar surface area (TPSA) is 79.8 Å². The summed E-state index contributed by atoms with van der Waals surface area (Å²) >= 11 is 0. The Labute approximate surface area is 177 Å². The van der Waals surface area contributed by atoms with Gasteiger partial charge in [0.05, 0.1) is 53.8 Å². The SMILES string of the molecule is COc1ccc(C(=O)[NH2+]CCCOCc2cc(OC)c(OC)c(OC)c2)cc1.[Cl-]. The third kappa shape index (κ3) is 7.12. The lowest BCUT2D eigenvalue weighted by molar-refractivity contribution is -0.555. The van der Waals surface area contributed by atoms with E-state index in [1.807, 2.05) is 12.1 Å². The van der Waals surface area contributed by atoms with Crippen molar-refractivity contribution in [2.75, 3.05) is 41.6 Å². The number of methoxy groups -OCH3 is 4. The number of rotatable bonds is 11. The molecule has 0 aliphatic rings. The number of nitrogens with two attached hydrogens (primary N) is 1. The van der Waals surface area contributed by atoms with Crippen LogP contribution in [-0.4, -0.2) is 47.5 Å². The molecule has 29 heavy (non-hydrogen) atoms. The molecule has 2 aromatic rings. The molecule has 0 saturated heterocycles. The molecule has 0 aromatic heterocycles. The van der Waals surface area contributed by atoms with Gasteiger partial charge in [-0.05, 0) is 42.0 Å². The lowest BCUT2D eigenvalue weighted by Crippen LogP contribution is -3.00. The Hall–Kier alpha value is -2.48. The molecular formula is C21H28ClNO6. The van der Waals surface area contributed by atoms with Crippen LogP contribution in [0.4, 0.5) is 0 Å². The maximum Gasteiger partial charge on any atom is 0.342 e. The van der Waals surface area contributed by atoms with Gasteiger partial charge in [-0.2, -0.15) is 0 Å². The molecule has 0 saturated carbocycles. The molecule has 0 radical (unpaired) electrons. The standard InChI is InChI=1S/C21H27NO6.ClH/c1-24-17-8-6-16(7-9-17)21(23)22-10-5-11-28-14-15-12-18(25-2)20(27-4)19(13-15)26-3;/h6-9,12-13H,5,10-11,14H2,1-4H3,(H,22,23);1H. The van der Waals surface area contributed by atoms with Crippen molar-refractivity contribution in [2.24, 2.45) is 0 Å². The van der Waals surface area contributed by atoms with Crippen LogP contribution in [0.2, 0.25) is 0 Å². The highest BCUT2D eigenvalue weighted by Gasteiger charge is 2.13. The maximum absolute atomic E-state index is 12.1. The molecule has 0 spiro atoms. The summed E-state index contributed by atoms with van der Waals surface area (Å²) in [5, 5.41) is 1.69. The molecule has 160 valence electrons. The highest BCUT2D eigenvalue weighted by atomic mass is 35.5. The molecule has 0 unspecified atom stereocenters. The average molecular weight is 426 g/mol. The summed E-state index contributed by atoms with van der Waals surface area (Å²) in [6, 6.07) is 10.8. The van der Waals surface area contributed by atoms with Gasteiger partial charge in [0.1, 0.15) is 5.75 Å². The first-order chi connectivity index (χ1) is 13.6. The van der Waals surface area contributed by atoms with Gasteiger partial charge >= 0.3 is 5.91 Å². The summed E-state index contributed by atoms with van der Waals surface area (Å²) in [7, 11) is 6.33. The van der Waals surface area contributed by atoms with Crippen LogP contribution in [0.1, 0.15) is 22.3 Å². The largest absolute Gasteiger partial charge is 1.00 e. The van der Waals surface area contributed by atoms with Gasteiger partial charge in [0.25, 0.3) is 0 Å². The van der Waals surface area contributed by atoms with Crippen LogP contribution in [0.25, 0.3) is 0 Å². The quantitative estimate of drug-likeness (QED) is 0.467. The minimum absolute atomic E-state index is 0. The summed E-state index contributed by atoms with van der Waals surface area (Å²) in [6.07, 6.45) is 0.756. The molecule has 0 atom stereocenters. The van der Waals surface area contributed by atoms with E-state index in [2.05, 4.69) is 0 Å². The molecule has 1 amide bonds. The molecule has 7 nitrogen and oxygen atoms in total. The number of hydrogen-bond acceptors (Lipinski definition) is 6. The van der Waals surface area contributed by atoms with Crippen molar-refractivity contribution in [1.29, 1.82) is 0 Å². The number of halogens is 1. The van der Waals surface area contributed by atoms with Gasteiger partial charge in [0.2, 0.25) is 5.75 Å². The monoisotopic (exact) mass is 425 g/mol. The van der Waals surface area contributed by atoms with Crippen molar-refractivity contribution >= 4 is 5.91 Å². The number of benzene rings is 2. The Bertz CT molecular complexity index is 741. The van der Waals surface area contributed by atoms with E-state index in [9.17, 15) is 4.79 Å². The van der Waals surface area contributed by atoms with Crippen LogP contribution < -0.4 is 36.7 Å². The smallest absolute Gasteiger partial charge is 0.342 e. The van der Waals surface area contributed by atoms with Crippen molar-refractivity contribution in [2.45, 2.75) is 13.0 Å². The first-order valence-corrected chi connectivity index (χ1v) is 9.01. The van der Waals surface area contributed by atoms with Gasteiger partial charge < -0.3 is 36.1 Å². The number of carbonyl (C=O) groups is 1. The van der Waals surface area contributed by atoms with Crippen molar-refractivity contribution in [3.8, 4) is 23.0 Å². The van der Waals surface area contributed by atoms with E-state index in [0.717, 1.165) is 17.7 Å². The summed E-state index contributed by atoms with van der Waals surface area (Å²) in [5.74, 6) is 2.49. The van der Waals surface area contributed by atoms with Crippen molar-refractivity contribution in [3.63, 3.8) is 0 Å². The van der Waals surface area contributed by atoms with E-state index in [4.69, 9.17) is 23.7 Å². The number of amides is 1. The molecule has 0 bridgehead atoms. The molecule has 8 heteroatoms. The van der Waals surface area contributed by atoms with Crippen LogP contribution in [0.3, 0.4) is 0 Å². The van der Waals surface area contributed by atoms with Crippen LogP contribution in [0.5, 0.6) is 23.0 Å². The minimum atomic E-state index is 0. The molecule has 2 N–H and O–H groups in total. The average Bonchev–Trinajstić information content (AvgIpc) is 2.75. The number of hydrogen-bond donors (Lipinski definition) is 1. The van der Waals surface area contributed by atoms with Crippen LogP contribution in [0.15, 0.2) is 36.4 Å². The maximum atomic E-state index is 12.1. The zero-order chi connectivity index (χ0) is 20.4. The molecular weight excluding hydrogens is 398 g/mol. The normalized spacial score (nSPS) is 10.1. The fourth-order valence-corrected chi connectivity index (χ4v) is 2.70. The Balaban J connectivity index is 0.00000420. The van der Waals surface area contributed by atoms with Gasteiger partial charge in [-0.15, -0.1) is 0 Å². The van der Waals surface area contributed by atoms with E-state index in [1.54, 1.807) is 58.0 Å². The molecule has 2 rings (SSSR count). The highest BCUT2D eigenvalue weighted by Crippen LogP contribution is 2.38. The van der Waals surface area contributed by atoms with E-state index in [1.165, 1.54) is 0 Å². The second kappa shape index (κ2) is 12.9. The minimum Gasteiger partial charge on any atom is -1.00 e. The molecule has 0 aliphatic heterocycles. The third-order valence-electron chi connectivity index (χ3n) is 4.19. The van der Waals surface area contributed by atoms with Crippen molar-refractivity contribution < 1.29 is 46.2 Å². The molecule has 0 aliphatic carbocycles.